The fourth-order valence-corrected chi connectivity index (χ4v) is 1.96. The summed E-state index contributed by atoms with van der Waals surface area (Å²) in [7, 11) is 1.50. The first-order chi connectivity index (χ1) is 6.06. The molecular formula is C9H8BrClO2. The molecule has 1 aromatic carbocycles. The van der Waals surface area contributed by atoms with Crippen molar-refractivity contribution in [2.75, 3.05) is 7.11 Å². The van der Waals surface area contributed by atoms with Crippen LogP contribution in [0.3, 0.4) is 0 Å². The Balaban J connectivity index is 3.38. The molecule has 4 heteroatoms. The summed E-state index contributed by atoms with van der Waals surface area (Å²) in [5.41, 5.74) is 1.34. The summed E-state index contributed by atoms with van der Waals surface area (Å²) in [4.78, 5) is 11.0. The number of hydrogen-bond donors (Lipinski definition) is 0. The quantitative estimate of drug-likeness (QED) is 0.766. The zero-order chi connectivity index (χ0) is 10.0. The topological polar surface area (TPSA) is 26.3 Å². The van der Waals surface area contributed by atoms with Gasteiger partial charge in [0.15, 0.2) is 0 Å². The Kier molecular flexibility index (Phi) is 3.33. The molecule has 0 heterocycles. The summed E-state index contributed by atoms with van der Waals surface area (Å²) in [6, 6.07) is 3.56. The number of benzene rings is 1. The Morgan fingerprint density at radius 2 is 2.15 bits per heavy atom. The molecule has 1 aromatic rings. The van der Waals surface area contributed by atoms with Crippen LogP contribution in [-0.4, -0.2) is 12.4 Å². The van der Waals surface area contributed by atoms with Crippen LogP contribution in [0.4, 0.5) is 0 Å². The van der Waals surface area contributed by atoms with Gasteiger partial charge in [0.25, 0.3) is 5.24 Å². The molecule has 0 spiro atoms. The van der Waals surface area contributed by atoms with Gasteiger partial charge in [0.05, 0.1) is 17.1 Å². The lowest BCUT2D eigenvalue weighted by Crippen LogP contribution is -1.97. The molecule has 0 fully saturated rings. The Morgan fingerprint density at radius 3 is 2.62 bits per heavy atom. The van der Waals surface area contributed by atoms with Gasteiger partial charge in [-0.3, -0.25) is 4.79 Å². The van der Waals surface area contributed by atoms with E-state index in [0.29, 0.717) is 11.3 Å². The second-order valence-electron chi connectivity index (χ2n) is 2.60. The minimum absolute atomic E-state index is 0.385. The predicted octanol–water partition coefficient (Wildman–Crippen LogP) is 3.15. The van der Waals surface area contributed by atoms with E-state index in [-0.39, 0.29) is 0 Å². The average Bonchev–Trinajstić information content (AvgIpc) is 2.02. The molecule has 0 atom stereocenters. The van der Waals surface area contributed by atoms with Crippen LogP contribution in [-0.2, 0) is 0 Å². The van der Waals surface area contributed by atoms with Crippen molar-refractivity contribution >= 4 is 32.8 Å². The number of ether oxygens (including phenoxy) is 1. The normalized spacial score (nSPS) is 9.85. The van der Waals surface area contributed by atoms with Gasteiger partial charge in [-0.15, -0.1) is 0 Å². The van der Waals surface area contributed by atoms with Gasteiger partial charge in [0.1, 0.15) is 5.75 Å². The number of aryl methyl sites for hydroxylation is 1. The van der Waals surface area contributed by atoms with Crippen LogP contribution < -0.4 is 4.74 Å². The third kappa shape index (κ3) is 2.23. The van der Waals surface area contributed by atoms with E-state index in [9.17, 15) is 4.79 Å². The van der Waals surface area contributed by atoms with Crippen molar-refractivity contribution in [2.45, 2.75) is 6.92 Å². The molecule has 0 aromatic heterocycles. The summed E-state index contributed by atoms with van der Waals surface area (Å²) in [5, 5.41) is -0.513. The van der Waals surface area contributed by atoms with Crippen molar-refractivity contribution in [1.82, 2.24) is 0 Å². The minimum atomic E-state index is -0.513. The number of carbonyl (C=O) groups is 1. The molecule has 0 unspecified atom stereocenters. The Morgan fingerprint density at radius 1 is 1.54 bits per heavy atom. The first-order valence-electron chi connectivity index (χ1n) is 3.60. The highest BCUT2D eigenvalue weighted by Gasteiger charge is 2.13. The number of halogens is 2. The van der Waals surface area contributed by atoms with Crippen molar-refractivity contribution in [3.05, 3.63) is 27.7 Å². The van der Waals surface area contributed by atoms with Gasteiger partial charge in [0.2, 0.25) is 0 Å². The SMILES string of the molecule is COc1c(Br)cc(C)cc1C(=O)Cl. The van der Waals surface area contributed by atoms with Gasteiger partial charge in [-0.05, 0) is 52.2 Å². The van der Waals surface area contributed by atoms with Crippen LogP contribution in [0.1, 0.15) is 15.9 Å². The van der Waals surface area contributed by atoms with E-state index in [1.807, 2.05) is 13.0 Å². The monoisotopic (exact) mass is 262 g/mol. The number of rotatable bonds is 2. The molecule has 0 radical (unpaired) electrons. The third-order valence-electron chi connectivity index (χ3n) is 1.60. The van der Waals surface area contributed by atoms with Crippen LogP contribution in [0.2, 0.25) is 0 Å². The van der Waals surface area contributed by atoms with Gasteiger partial charge < -0.3 is 4.74 Å². The molecule has 70 valence electrons. The molecule has 0 N–H and O–H groups in total. The molecule has 0 aliphatic rings. The number of methoxy groups -OCH3 is 1. The van der Waals surface area contributed by atoms with Crippen molar-refractivity contribution in [3.63, 3.8) is 0 Å². The largest absolute Gasteiger partial charge is 0.495 e. The Bertz CT molecular complexity index is 350. The Hall–Kier alpha value is -0.540. The maximum absolute atomic E-state index is 11.0. The van der Waals surface area contributed by atoms with Crippen molar-refractivity contribution in [3.8, 4) is 5.75 Å². The van der Waals surface area contributed by atoms with Crippen molar-refractivity contribution in [2.24, 2.45) is 0 Å². The molecule has 0 aliphatic carbocycles. The molecule has 0 amide bonds. The fraction of sp³-hybridized carbons (Fsp3) is 0.222. The second kappa shape index (κ2) is 4.11. The first kappa shape index (κ1) is 10.5. The molecule has 1 rings (SSSR count). The summed E-state index contributed by atoms with van der Waals surface area (Å²) >= 11 is 8.68. The van der Waals surface area contributed by atoms with Crippen molar-refractivity contribution < 1.29 is 9.53 Å². The lowest BCUT2D eigenvalue weighted by Gasteiger charge is -2.08. The maximum Gasteiger partial charge on any atom is 0.256 e. The van der Waals surface area contributed by atoms with E-state index >= 15 is 0 Å². The summed E-state index contributed by atoms with van der Waals surface area (Å²) in [6.07, 6.45) is 0. The highest BCUT2D eigenvalue weighted by atomic mass is 79.9. The number of carbonyl (C=O) groups excluding carboxylic acids is 1. The fourth-order valence-electron chi connectivity index (χ4n) is 1.08. The van der Waals surface area contributed by atoms with E-state index in [0.717, 1.165) is 10.0 Å². The molecule has 2 nitrogen and oxygen atoms in total. The van der Waals surface area contributed by atoms with E-state index in [4.69, 9.17) is 16.3 Å². The van der Waals surface area contributed by atoms with E-state index < -0.39 is 5.24 Å². The lowest BCUT2D eigenvalue weighted by atomic mass is 10.1. The van der Waals surface area contributed by atoms with Crippen molar-refractivity contribution in [1.29, 1.82) is 0 Å². The summed E-state index contributed by atoms with van der Waals surface area (Å²) in [6.45, 7) is 1.88. The molecule has 0 aliphatic heterocycles. The molecule has 0 saturated heterocycles. The van der Waals surface area contributed by atoms with E-state index in [2.05, 4.69) is 15.9 Å². The zero-order valence-corrected chi connectivity index (χ0v) is 9.57. The first-order valence-corrected chi connectivity index (χ1v) is 4.77. The van der Waals surface area contributed by atoms with E-state index in [1.165, 1.54) is 7.11 Å². The maximum atomic E-state index is 11.0. The highest BCUT2D eigenvalue weighted by molar-refractivity contribution is 9.10. The zero-order valence-electron chi connectivity index (χ0n) is 7.23. The predicted molar refractivity (Wildman–Crippen MR) is 55.6 cm³/mol. The van der Waals surface area contributed by atoms with Gasteiger partial charge >= 0.3 is 0 Å². The molecule has 0 bridgehead atoms. The lowest BCUT2D eigenvalue weighted by molar-refractivity contribution is 0.107. The second-order valence-corrected chi connectivity index (χ2v) is 3.80. The molecule has 0 saturated carbocycles. The van der Waals surface area contributed by atoms with Gasteiger partial charge in [0, 0.05) is 0 Å². The van der Waals surface area contributed by atoms with Gasteiger partial charge in [-0.2, -0.15) is 0 Å². The molecule has 13 heavy (non-hydrogen) atoms. The van der Waals surface area contributed by atoms with Crippen LogP contribution in [0.5, 0.6) is 5.75 Å². The van der Waals surface area contributed by atoms with Gasteiger partial charge in [-0.25, -0.2) is 0 Å². The van der Waals surface area contributed by atoms with Gasteiger partial charge in [-0.1, -0.05) is 0 Å². The number of hydrogen-bond acceptors (Lipinski definition) is 2. The van der Waals surface area contributed by atoms with Crippen LogP contribution >= 0.6 is 27.5 Å². The van der Waals surface area contributed by atoms with Crippen LogP contribution in [0.15, 0.2) is 16.6 Å². The third-order valence-corrected chi connectivity index (χ3v) is 2.40. The smallest absolute Gasteiger partial charge is 0.256 e. The standard InChI is InChI=1S/C9H8BrClO2/c1-5-3-6(9(11)12)8(13-2)7(10)4-5/h3-4H,1-2H3. The Labute approximate surface area is 90.0 Å². The van der Waals surface area contributed by atoms with Crippen LogP contribution in [0, 0.1) is 6.92 Å². The summed E-state index contributed by atoms with van der Waals surface area (Å²) < 4.78 is 5.78. The summed E-state index contributed by atoms with van der Waals surface area (Å²) in [5.74, 6) is 0.477. The average molecular weight is 264 g/mol. The minimum Gasteiger partial charge on any atom is -0.495 e. The highest BCUT2D eigenvalue weighted by Crippen LogP contribution is 2.31. The molecular weight excluding hydrogens is 255 g/mol. The van der Waals surface area contributed by atoms with E-state index in [1.54, 1.807) is 6.07 Å². The van der Waals surface area contributed by atoms with Crippen LogP contribution in [0.25, 0.3) is 0 Å².